The predicted molar refractivity (Wildman–Crippen MR) is 152 cm³/mol. The number of nitrogens with one attached hydrogen (secondary N) is 1. The van der Waals surface area contributed by atoms with E-state index in [1.807, 2.05) is 48.4 Å². The number of piperazine rings is 1. The Morgan fingerprint density at radius 3 is 2.53 bits per heavy atom. The lowest BCUT2D eigenvalue weighted by Gasteiger charge is -2.52. The minimum absolute atomic E-state index is 0.0299. The summed E-state index contributed by atoms with van der Waals surface area (Å²) in [6, 6.07) is 9.56. The molecule has 2 saturated heterocycles. The van der Waals surface area contributed by atoms with E-state index in [1.165, 1.54) is 19.3 Å². The molecule has 1 saturated carbocycles. The molecule has 3 aliphatic rings. The molecule has 3 heterocycles. The van der Waals surface area contributed by atoms with Gasteiger partial charge in [0.1, 0.15) is 17.3 Å². The van der Waals surface area contributed by atoms with E-state index in [2.05, 4.69) is 16.3 Å². The summed E-state index contributed by atoms with van der Waals surface area (Å²) in [6.45, 7) is 6.68. The monoisotopic (exact) mass is 557 g/mol. The second-order valence-corrected chi connectivity index (χ2v) is 12.9. The average Bonchev–Trinajstić information content (AvgIpc) is 3.42. The van der Waals surface area contributed by atoms with Gasteiger partial charge in [0.15, 0.2) is 0 Å². The number of likely N-dealkylation sites (tertiary alicyclic amines) is 1. The molecule has 1 atom stereocenters. The molecule has 2 amide bonds. The summed E-state index contributed by atoms with van der Waals surface area (Å²) >= 11 is 8.24. The third-order valence-corrected chi connectivity index (χ3v) is 9.68. The van der Waals surface area contributed by atoms with E-state index >= 15 is 0 Å². The van der Waals surface area contributed by atoms with E-state index in [1.54, 1.807) is 11.3 Å². The first-order chi connectivity index (χ1) is 18.3. The van der Waals surface area contributed by atoms with Crippen LogP contribution in [0, 0.1) is 5.92 Å². The molecule has 2 aliphatic heterocycles. The van der Waals surface area contributed by atoms with Gasteiger partial charge in [0, 0.05) is 29.5 Å². The van der Waals surface area contributed by atoms with E-state index in [9.17, 15) is 9.59 Å². The average molecular weight is 558 g/mol. The van der Waals surface area contributed by atoms with Crippen molar-refractivity contribution in [2.75, 3.05) is 13.1 Å². The second-order valence-electron chi connectivity index (χ2n) is 11.5. The van der Waals surface area contributed by atoms with Crippen molar-refractivity contribution in [1.82, 2.24) is 15.1 Å². The van der Waals surface area contributed by atoms with Gasteiger partial charge in [0.2, 0.25) is 11.8 Å². The first-order valence-corrected chi connectivity index (χ1v) is 15.4. The Morgan fingerprint density at radius 2 is 1.87 bits per heavy atom. The maximum atomic E-state index is 13.9. The van der Waals surface area contributed by atoms with Crippen LogP contribution in [-0.4, -0.2) is 52.4 Å². The Hall–Kier alpha value is -2.09. The van der Waals surface area contributed by atoms with E-state index in [-0.39, 0.29) is 17.9 Å². The summed E-state index contributed by atoms with van der Waals surface area (Å²) in [5, 5.41) is 5.93. The largest absolute Gasteiger partial charge is 0.491 e. The van der Waals surface area contributed by atoms with Crippen molar-refractivity contribution in [1.29, 1.82) is 0 Å². The van der Waals surface area contributed by atoms with Crippen LogP contribution in [0.25, 0.3) is 0 Å². The number of thiophene rings is 1. The first kappa shape index (κ1) is 27.5. The smallest absolute Gasteiger partial charge is 0.246 e. The number of ether oxygens (including phenoxy) is 1. The highest BCUT2D eigenvalue weighted by atomic mass is 35.5. The molecule has 1 unspecified atom stereocenters. The number of hydrogen-bond acceptors (Lipinski definition) is 5. The fraction of sp³-hybridized carbons (Fsp3) is 0.600. The zero-order chi connectivity index (χ0) is 26.7. The zero-order valence-electron chi connectivity index (χ0n) is 22.6. The Kier molecular flexibility index (Phi) is 8.65. The maximum Gasteiger partial charge on any atom is 0.246 e. The Morgan fingerprint density at radius 1 is 1.11 bits per heavy atom. The molecule has 0 bridgehead atoms. The molecular formula is C30H40ClN3O3S. The van der Waals surface area contributed by atoms with Crippen LogP contribution in [0.3, 0.4) is 0 Å². The fourth-order valence-electron chi connectivity index (χ4n) is 6.40. The molecule has 206 valence electrons. The quantitative estimate of drug-likeness (QED) is 0.431. The molecule has 5 rings (SSSR count). The molecule has 2 aromatic rings. The van der Waals surface area contributed by atoms with Crippen molar-refractivity contribution in [3.05, 3.63) is 51.2 Å². The van der Waals surface area contributed by atoms with Crippen LogP contribution in [0.5, 0.6) is 5.75 Å². The van der Waals surface area contributed by atoms with E-state index in [0.29, 0.717) is 36.9 Å². The summed E-state index contributed by atoms with van der Waals surface area (Å²) in [6.07, 6.45) is 8.19. The lowest BCUT2D eigenvalue weighted by molar-refractivity contribution is -0.162. The molecule has 8 heteroatoms. The zero-order valence-corrected chi connectivity index (χ0v) is 24.2. The van der Waals surface area contributed by atoms with Crippen LogP contribution in [0.1, 0.15) is 75.7 Å². The first-order valence-electron chi connectivity index (χ1n) is 14.2. The third kappa shape index (κ3) is 6.05. The van der Waals surface area contributed by atoms with Gasteiger partial charge in [-0.05, 0) is 68.2 Å². The number of piperidine rings is 1. The molecule has 1 aromatic heterocycles. The van der Waals surface area contributed by atoms with Gasteiger partial charge in [-0.1, -0.05) is 55.8 Å². The highest BCUT2D eigenvalue weighted by Gasteiger charge is 2.53. The molecule has 1 aromatic carbocycles. The Bertz CT molecular complexity index is 1110. The van der Waals surface area contributed by atoms with E-state index in [4.69, 9.17) is 16.3 Å². The number of nitrogens with zero attached hydrogens (tertiary/aromatic N) is 2. The number of carbonyl (C=O) groups excluding carboxylic acids is 2. The second kappa shape index (κ2) is 12.0. The van der Waals surface area contributed by atoms with Crippen LogP contribution >= 0.6 is 22.9 Å². The fourth-order valence-corrected chi connectivity index (χ4v) is 7.32. The van der Waals surface area contributed by atoms with Crippen molar-refractivity contribution in [3.8, 4) is 5.75 Å². The van der Waals surface area contributed by atoms with Crippen molar-refractivity contribution in [3.63, 3.8) is 0 Å². The summed E-state index contributed by atoms with van der Waals surface area (Å²) < 4.78 is 5.77. The molecule has 38 heavy (non-hydrogen) atoms. The van der Waals surface area contributed by atoms with Crippen molar-refractivity contribution in [2.45, 2.75) is 96.0 Å². The van der Waals surface area contributed by atoms with Crippen LogP contribution in [-0.2, 0) is 22.7 Å². The Labute approximate surface area is 235 Å². The summed E-state index contributed by atoms with van der Waals surface area (Å²) in [7, 11) is 0. The highest BCUT2D eigenvalue weighted by Crippen LogP contribution is 2.38. The summed E-state index contributed by atoms with van der Waals surface area (Å²) in [5.74, 6) is 1.43. The maximum absolute atomic E-state index is 13.9. The van der Waals surface area contributed by atoms with Gasteiger partial charge in [-0.3, -0.25) is 14.5 Å². The van der Waals surface area contributed by atoms with Crippen LogP contribution < -0.4 is 10.1 Å². The molecule has 3 fully saturated rings. The molecular weight excluding hydrogens is 518 g/mol. The summed E-state index contributed by atoms with van der Waals surface area (Å²) in [5.41, 5.74) is 0.255. The van der Waals surface area contributed by atoms with Crippen LogP contribution in [0.15, 0.2) is 35.7 Å². The van der Waals surface area contributed by atoms with Gasteiger partial charge >= 0.3 is 0 Å². The summed E-state index contributed by atoms with van der Waals surface area (Å²) in [4.78, 5) is 33.1. The topological polar surface area (TPSA) is 61.9 Å². The van der Waals surface area contributed by atoms with Gasteiger partial charge < -0.3 is 15.0 Å². The van der Waals surface area contributed by atoms with E-state index in [0.717, 1.165) is 48.5 Å². The van der Waals surface area contributed by atoms with Crippen LogP contribution in [0.4, 0.5) is 0 Å². The molecule has 1 aliphatic carbocycles. The number of halogens is 1. The minimum Gasteiger partial charge on any atom is -0.491 e. The number of carbonyl (C=O) groups is 2. The van der Waals surface area contributed by atoms with E-state index < -0.39 is 11.6 Å². The van der Waals surface area contributed by atoms with Gasteiger partial charge in [-0.15, -0.1) is 11.3 Å². The lowest BCUT2D eigenvalue weighted by Crippen LogP contribution is -2.72. The van der Waals surface area contributed by atoms with Gasteiger partial charge in [-0.25, -0.2) is 0 Å². The SMILES string of the molecule is CC(C)Oc1ccc(CN2CCC3(CC2)C(=O)NC(CC2CCCCC2)C(=O)N3Cc2cccs2)c(Cl)c1. The number of amides is 2. The van der Waals surface area contributed by atoms with Crippen molar-refractivity contribution in [2.24, 2.45) is 5.92 Å². The molecule has 6 nitrogen and oxygen atoms in total. The standard InChI is InChI=1S/C30H40ClN3O3S/c1-21(2)37-24-11-10-23(26(31)18-24)19-33-14-12-30(13-15-33)29(36)32-27(17-22-7-4-3-5-8-22)28(35)34(30)20-25-9-6-16-38-25/h6,9-11,16,18,21-22,27H,3-5,7-8,12-15,17,19-20H2,1-2H3,(H,32,36). The normalized spacial score (nSPS) is 22.7. The van der Waals surface area contributed by atoms with Crippen LogP contribution in [0.2, 0.25) is 5.02 Å². The van der Waals surface area contributed by atoms with Gasteiger partial charge in [-0.2, -0.15) is 0 Å². The Balaban J connectivity index is 1.29. The minimum atomic E-state index is -0.792. The molecule has 0 radical (unpaired) electrons. The van der Waals surface area contributed by atoms with Gasteiger partial charge in [0.25, 0.3) is 0 Å². The van der Waals surface area contributed by atoms with Crippen molar-refractivity contribution < 1.29 is 14.3 Å². The van der Waals surface area contributed by atoms with Gasteiger partial charge in [0.05, 0.1) is 12.6 Å². The highest BCUT2D eigenvalue weighted by molar-refractivity contribution is 7.09. The molecule has 1 spiro atoms. The van der Waals surface area contributed by atoms with Crippen molar-refractivity contribution >= 4 is 34.8 Å². The third-order valence-electron chi connectivity index (χ3n) is 8.47. The molecule has 1 N–H and O–H groups in total. The number of benzene rings is 1. The number of hydrogen-bond donors (Lipinski definition) is 1. The lowest BCUT2D eigenvalue weighted by atomic mass is 9.79. The predicted octanol–water partition coefficient (Wildman–Crippen LogP) is 6.02. The number of rotatable bonds is 8.